The average Bonchev–Trinajstić information content (AvgIpc) is 2.82. The minimum Gasteiger partial charge on any atom is -0.487 e. The zero-order valence-corrected chi connectivity index (χ0v) is 12.3. The maximum absolute atomic E-state index is 6.27. The maximum atomic E-state index is 6.27. The van der Waals surface area contributed by atoms with Gasteiger partial charge in [-0.05, 0) is 44.4 Å². The monoisotopic (exact) mass is 277 g/mol. The van der Waals surface area contributed by atoms with Crippen LogP contribution in [0.15, 0.2) is 18.2 Å². The van der Waals surface area contributed by atoms with Crippen molar-refractivity contribution >= 4 is 0 Å². The molecule has 0 spiro atoms. The van der Waals surface area contributed by atoms with E-state index in [2.05, 4.69) is 19.2 Å². The molecule has 1 aliphatic carbocycles. The summed E-state index contributed by atoms with van der Waals surface area (Å²) >= 11 is 0. The van der Waals surface area contributed by atoms with Crippen LogP contribution in [0.2, 0.25) is 0 Å². The molecule has 2 aliphatic rings. The Bertz CT molecular complexity index is 469. The quantitative estimate of drug-likeness (QED) is 0.867. The molecule has 0 aromatic heterocycles. The Balaban J connectivity index is 1.62. The van der Waals surface area contributed by atoms with Crippen LogP contribution < -0.4 is 19.5 Å². The molecule has 1 fully saturated rings. The number of nitrogens with one attached hydrogen (secondary N) is 1. The number of fused-ring (bicyclic) bond motifs is 1. The summed E-state index contributed by atoms with van der Waals surface area (Å²) in [4.78, 5) is 0. The molecule has 0 amide bonds. The third-order valence-electron chi connectivity index (χ3n) is 4.08. The lowest BCUT2D eigenvalue weighted by molar-refractivity contribution is -0.0146. The van der Waals surface area contributed by atoms with Gasteiger partial charge >= 0.3 is 0 Å². The van der Waals surface area contributed by atoms with Crippen LogP contribution in [-0.4, -0.2) is 25.0 Å². The summed E-state index contributed by atoms with van der Waals surface area (Å²) in [7, 11) is 0. The summed E-state index contributed by atoms with van der Waals surface area (Å²) in [5, 5.41) is 3.47. The summed E-state index contributed by atoms with van der Waals surface area (Å²) in [6.07, 6.45) is 4.59. The molecule has 1 N–H and O–H groups in total. The summed E-state index contributed by atoms with van der Waals surface area (Å²) in [6, 6.07) is 6.37. The second-order valence-corrected chi connectivity index (χ2v) is 6.01. The zero-order chi connectivity index (χ0) is 14.0. The molecule has 4 heteroatoms. The van der Waals surface area contributed by atoms with E-state index in [-0.39, 0.29) is 5.60 Å². The third-order valence-corrected chi connectivity index (χ3v) is 4.08. The highest BCUT2D eigenvalue weighted by atomic mass is 16.7. The van der Waals surface area contributed by atoms with Crippen molar-refractivity contribution in [2.75, 3.05) is 13.3 Å². The van der Waals surface area contributed by atoms with E-state index < -0.39 is 0 Å². The number of ether oxygens (including phenoxy) is 3. The lowest BCUT2D eigenvalue weighted by atomic mass is 9.77. The first-order chi connectivity index (χ1) is 9.67. The molecular formula is C16H23NO3. The zero-order valence-electron chi connectivity index (χ0n) is 12.3. The molecule has 0 atom stereocenters. The molecule has 20 heavy (non-hydrogen) atoms. The van der Waals surface area contributed by atoms with E-state index in [1.807, 2.05) is 18.2 Å². The fourth-order valence-electron chi connectivity index (χ4n) is 2.75. The van der Waals surface area contributed by atoms with Crippen LogP contribution in [0.3, 0.4) is 0 Å². The topological polar surface area (TPSA) is 39.7 Å². The van der Waals surface area contributed by atoms with Gasteiger partial charge in [-0.15, -0.1) is 0 Å². The van der Waals surface area contributed by atoms with E-state index in [9.17, 15) is 0 Å². The Kier molecular flexibility index (Phi) is 3.74. The van der Waals surface area contributed by atoms with E-state index in [1.54, 1.807) is 0 Å². The Morgan fingerprint density at radius 1 is 1.25 bits per heavy atom. The van der Waals surface area contributed by atoms with E-state index in [1.165, 1.54) is 6.42 Å². The van der Waals surface area contributed by atoms with Gasteiger partial charge in [-0.2, -0.15) is 0 Å². The third kappa shape index (κ3) is 2.85. The van der Waals surface area contributed by atoms with Crippen molar-refractivity contribution < 1.29 is 14.2 Å². The molecule has 0 bridgehead atoms. The van der Waals surface area contributed by atoms with E-state index in [0.717, 1.165) is 43.1 Å². The van der Waals surface area contributed by atoms with Crippen molar-refractivity contribution in [1.82, 2.24) is 5.32 Å². The minimum atomic E-state index is 0.00951. The molecule has 0 radical (unpaired) electrons. The van der Waals surface area contributed by atoms with Gasteiger partial charge in [0.05, 0.1) is 0 Å². The van der Waals surface area contributed by atoms with Crippen molar-refractivity contribution in [1.29, 1.82) is 0 Å². The van der Waals surface area contributed by atoms with Gasteiger partial charge in [-0.3, -0.25) is 0 Å². The number of hydrogen-bond donors (Lipinski definition) is 1. The van der Waals surface area contributed by atoms with Crippen LogP contribution >= 0.6 is 0 Å². The van der Waals surface area contributed by atoms with Crippen molar-refractivity contribution in [3.8, 4) is 17.2 Å². The summed E-state index contributed by atoms with van der Waals surface area (Å²) in [5.74, 6) is 2.48. The van der Waals surface area contributed by atoms with E-state index in [0.29, 0.717) is 12.8 Å². The van der Waals surface area contributed by atoms with Gasteiger partial charge in [0.2, 0.25) is 6.79 Å². The SMILES string of the molecule is CC(C)NCCC1(Oc2ccc3c(c2)OCO3)CCC1. The van der Waals surface area contributed by atoms with Gasteiger partial charge in [0, 0.05) is 12.1 Å². The molecular weight excluding hydrogens is 254 g/mol. The van der Waals surface area contributed by atoms with Gasteiger partial charge in [-0.1, -0.05) is 13.8 Å². The minimum absolute atomic E-state index is 0.00951. The Labute approximate surface area is 120 Å². The van der Waals surface area contributed by atoms with Crippen molar-refractivity contribution in [3.63, 3.8) is 0 Å². The first kappa shape index (κ1) is 13.6. The largest absolute Gasteiger partial charge is 0.487 e. The fourth-order valence-corrected chi connectivity index (χ4v) is 2.75. The van der Waals surface area contributed by atoms with E-state index >= 15 is 0 Å². The van der Waals surface area contributed by atoms with Crippen LogP contribution in [0.25, 0.3) is 0 Å². The highest BCUT2D eigenvalue weighted by Gasteiger charge is 2.39. The lowest BCUT2D eigenvalue weighted by Gasteiger charge is -2.42. The number of benzene rings is 1. The van der Waals surface area contributed by atoms with Crippen LogP contribution in [0.5, 0.6) is 17.2 Å². The Morgan fingerprint density at radius 2 is 2.05 bits per heavy atom. The molecule has 110 valence electrons. The Morgan fingerprint density at radius 3 is 2.75 bits per heavy atom. The first-order valence-corrected chi connectivity index (χ1v) is 7.49. The fraction of sp³-hybridized carbons (Fsp3) is 0.625. The highest BCUT2D eigenvalue weighted by Crippen LogP contribution is 2.42. The highest BCUT2D eigenvalue weighted by molar-refractivity contribution is 5.47. The molecule has 3 rings (SSSR count). The normalized spacial score (nSPS) is 18.9. The number of rotatable bonds is 6. The van der Waals surface area contributed by atoms with Gasteiger partial charge in [-0.25, -0.2) is 0 Å². The van der Waals surface area contributed by atoms with Gasteiger partial charge < -0.3 is 19.5 Å². The first-order valence-electron chi connectivity index (χ1n) is 7.49. The lowest BCUT2D eigenvalue weighted by Crippen LogP contribution is -2.45. The summed E-state index contributed by atoms with van der Waals surface area (Å²) in [6.45, 7) is 5.66. The van der Waals surface area contributed by atoms with Crippen LogP contribution in [0, 0.1) is 0 Å². The van der Waals surface area contributed by atoms with Crippen LogP contribution in [0.4, 0.5) is 0 Å². The van der Waals surface area contributed by atoms with Gasteiger partial charge in [0.25, 0.3) is 0 Å². The summed E-state index contributed by atoms with van der Waals surface area (Å²) < 4.78 is 17.0. The maximum Gasteiger partial charge on any atom is 0.231 e. The molecule has 4 nitrogen and oxygen atoms in total. The average molecular weight is 277 g/mol. The van der Waals surface area contributed by atoms with Crippen molar-refractivity contribution in [2.24, 2.45) is 0 Å². The second kappa shape index (κ2) is 5.52. The van der Waals surface area contributed by atoms with Gasteiger partial charge in [0.1, 0.15) is 11.4 Å². The summed E-state index contributed by atoms with van der Waals surface area (Å²) in [5.41, 5.74) is 0.00951. The van der Waals surface area contributed by atoms with Gasteiger partial charge in [0.15, 0.2) is 11.5 Å². The van der Waals surface area contributed by atoms with Crippen molar-refractivity contribution in [3.05, 3.63) is 18.2 Å². The smallest absolute Gasteiger partial charge is 0.231 e. The molecule has 1 aliphatic heterocycles. The van der Waals surface area contributed by atoms with Crippen molar-refractivity contribution in [2.45, 2.75) is 51.2 Å². The molecule has 0 unspecified atom stereocenters. The molecule has 1 aromatic carbocycles. The predicted octanol–water partition coefficient (Wildman–Crippen LogP) is 3.10. The number of hydrogen-bond acceptors (Lipinski definition) is 4. The van der Waals surface area contributed by atoms with Crippen LogP contribution in [-0.2, 0) is 0 Å². The molecule has 1 aromatic rings. The van der Waals surface area contributed by atoms with E-state index in [4.69, 9.17) is 14.2 Å². The molecule has 1 heterocycles. The standard InChI is InChI=1S/C16H23NO3/c1-12(2)17-9-8-16(6-3-7-16)20-13-4-5-14-15(10-13)19-11-18-14/h4-5,10,12,17H,3,6-9,11H2,1-2H3. The van der Waals surface area contributed by atoms with Crippen LogP contribution in [0.1, 0.15) is 39.5 Å². The Hall–Kier alpha value is -1.42. The molecule has 1 saturated carbocycles. The predicted molar refractivity (Wildman–Crippen MR) is 77.5 cm³/mol. The molecule has 0 saturated heterocycles. The second-order valence-electron chi connectivity index (χ2n) is 6.01.